The van der Waals surface area contributed by atoms with Crippen molar-refractivity contribution >= 4 is 11.6 Å². The Labute approximate surface area is 118 Å². The minimum Gasteiger partial charge on any atom is -0.392 e. The zero-order valence-electron chi connectivity index (χ0n) is 11.2. The van der Waals surface area contributed by atoms with E-state index in [9.17, 15) is 5.11 Å². The van der Waals surface area contributed by atoms with Crippen molar-refractivity contribution in [3.63, 3.8) is 0 Å². The molecule has 4 nitrogen and oxygen atoms in total. The van der Waals surface area contributed by atoms with Gasteiger partial charge in [0.05, 0.1) is 22.5 Å². The molecule has 0 spiro atoms. The Balaban J connectivity index is 2.07. The summed E-state index contributed by atoms with van der Waals surface area (Å²) < 4.78 is 1.75. The first-order valence-corrected chi connectivity index (χ1v) is 6.77. The minimum atomic E-state index is -0.507. The summed E-state index contributed by atoms with van der Waals surface area (Å²) in [6.45, 7) is 2.02. The molecule has 2 heterocycles. The van der Waals surface area contributed by atoms with Crippen molar-refractivity contribution in [2.45, 2.75) is 32.3 Å². The van der Waals surface area contributed by atoms with Gasteiger partial charge in [-0.25, -0.2) is 0 Å². The van der Waals surface area contributed by atoms with Gasteiger partial charge in [0.1, 0.15) is 0 Å². The van der Waals surface area contributed by atoms with Crippen LogP contribution in [-0.4, -0.2) is 26.0 Å². The molecule has 0 amide bonds. The maximum Gasteiger partial charge on any atom is 0.0850 e. The Hall–Kier alpha value is -1.39. The fourth-order valence-electron chi connectivity index (χ4n) is 2.10. The second-order valence-corrected chi connectivity index (χ2v) is 4.95. The van der Waals surface area contributed by atoms with Crippen LogP contribution in [0.15, 0.2) is 24.4 Å². The average molecular weight is 280 g/mol. The molecular formula is C14H18ClN3O. The summed E-state index contributed by atoms with van der Waals surface area (Å²) in [5.74, 6) is 0. The maximum absolute atomic E-state index is 10.1. The van der Waals surface area contributed by atoms with E-state index in [1.165, 1.54) is 0 Å². The van der Waals surface area contributed by atoms with Gasteiger partial charge in [-0.05, 0) is 18.6 Å². The van der Waals surface area contributed by atoms with Gasteiger partial charge in [-0.3, -0.25) is 9.67 Å². The molecule has 2 aromatic heterocycles. The molecule has 1 N–H and O–H groups in total. The van der Waals surface area contributed by atoms with Gasteiger partial charge in [0.25, 0.3) is 0 Å². The van der Waals surface area contributed by atoms with Crippen LogP contribution >= 0.6 is 11.6 Å². The van der Waals surface area contributed by atoms with E-state index in [0.29, 0.717) is 17.9 Å². The van der Waals surface area contributed by atoms with Gasteiger partial charge in [-0.1, -0.05) is 24.6 Å². The fourth-order valence-corrected chi connectivity index (χ4v) is 2.47. The molecule has 0 aliphatic carbocycles. The molecule has 102 valence electrons. The molecule has 0 saturated carbocycles. The lowest BCUT2D eigenvalue weighted by Crippen LogP contribution is -2.17. The highest BCUT2D eigenvalue weighted by atomic mass is 35.5. The summed E-state index contributed by atoms with van der Waals surface area (Å²) in [6, 6.07) is 5.69. The van der Waals surface area contributed by atoms with Gasteiger partial charge in [-0.2, -0.15) is 5.10 Å². The Bertz CT molecular complexity index is 539. The summed E-state index contributed by atoms with van der Waals surface area (Å²) >= 11 is 6.27. The lowest BCUT2D eigenvalue weighted by Gasteiger charge is -2.10. The molecule has 2 rings (SSSR count). The van der Waals surface area contributed by atoms with Crippen molar-refractivity contribution in [2.75, 3.05) is 0 Å². The molecule has 2 aromatic rings. The monoisotopic (exact) mass is 279 g/mol. The lowest BCUT2D eigenvalue weighted by atomic mass is 10.1. The summed E-state index contributed by atoms with van der Waals surface area (Å²) in [5, 5.41) is 15.2. The summed E-state index contributed by atoms with van der Waals surface area (Å²) in [5.41, 5.74) is 2.63. The Morgan fingerprint density at radius 3 is 2.74 bits per heavy atom. The first kappa shape index (κ1) is 14.0. The van der Waals surface area contributed by atoms with Crippen molar-refractivity contribution in [2.24, 2.45) is 7.05 Å². The predicted molar refractivity (Wildman–Crippen MR) is 75.2 cm³/mol. The zero-order valence-corrected chi connectivity index (χ0v) is 11.9. The van der Waals surface area contributed by atoms with Crippen molar-refractivity contribution in [1.29, 1.82) is 0 Å². The standard InChI is InChI=1S/C14H18ClN3O/c1-3-12-14(15)13(18(2)17-12)9-11(19)8-10-6-4-5-7-16-10/h4-7,11,19H,3,8-9H2,1-2H3. The van der Waals surface area contributed by atoms with Gasteiger partial charge in [0, 0.05) is 31.8 Å². The van der Waals surface area contributed by atoms with E-state index >= 15 is 0 Å². The SMILES string of the molecule is CCc1nn(C)c(CC(O)Cc2ccccn2)c1Cl. The van der Waals surface area contributed by atoms with Gasteiger partial charge in [0.2, 0.25) is 0 Å². The van der Waals surface area contributed by atoms with Crippen LogP contribution in [0.4, 0.5) is 0 Å². The van der Waals surface area contributed by atoms with Crippen LogP contribution in [0.1, 0.15) is 24.0 Å². The number of aromatic nitrogens is 3. The number of pyridine rings is 1. The number of rotatable bonds is 5. The summed E-state index contributed by atoms with van der Waals surface area (Å²) in [6.07, 6.45) is 3.02. The zero-order chi connectivity index (χ0) is 13.8. The molecule has 0 radical (unpaired) electrons. The number of aliphatic hydroxyl groups is 1. The fraction of sp³-hybridized carbons (Fsp3) is 0.429. The van der Waals surface area contributed by atoms with Crippen LogP contribution in [0, 0.1) is 0 Å². The van der Waals surface area contributed by atoms with Crippen molar-refractivity contribution in [3.8, 4) is 0 Å². The topological polar surface area (TPSA) is 50.9 Å². The Morgan fingerprint density at radius 1 is 1.37 bits per heavy atom. The Morgan fingerprint density at radius 2 is 2.16 bits per heavy atom. The third kappa shape index (κ3) is 3.33. The van der Waals surface area contributed by atoms with Crippen molar-refractivity contribution in [1.82, 2.24) is 14.8 Å². The van der Waals surface area contributed by atoms with E-state index < -0.39 is 6.10 Å². The van der Waals surface area contributed by atoms with E-state index in [0.717, 1.165) is 23.5 Å². The molecule has 0 bridgehead atoms. The number of aliphatic hydroxyl groups excluding tert-OH is 1. The highest BCUT2D eigenvalue weighted by Gasteiger charge is 2.17. The van der Waals surface area contributed by atoms with E-state index in [4.69, 9.17) is 11.6 Å². The molecule has 0 fully saturated rings. The normalized spacial score (nSPS) is 12.6. The number of hydrogen-bond donors (Lipinski definition) is 1. The van der Waals surface area contributed by atoms with Gasteiger partial charge < -0.3 is 5.11 Å². The first-order chi connectivity index (χ1) is 9.11. The van der Waals surface area contributed by atoms with E-state index in [1.807, 2.05) is 32.2 Å². The van der Waals surface area contributed by atoms with Crippen LogP contribution in [0.5, 0.6) is 0 Å². The van der Waals surface area contributed by atoms with E-state index in [2.05, 4.69) is 10.1 Å². The third-order valence-corrected chi connectivity index (χ3v) is 3.54. The van der Waals surface area contributed by atoms with Gasteiger partial charge >= 0.3 is 0 Å². The first-order valence-electron chi connectivity index (χ1n) is 6.40. The third-order valence-electron chi connectivity index (χ3n) is 3.10. The molecule has 5 heteroatoms. The highest BCUT2D eigenvalue weighted by Crippen LogP contribution is 2.22. The highest BCUT2D eigenvalue weighted by molar-refractivity contribution is 6.31. The smallest absolute Gasteiger partial charge is 0.0850 e. The largest absolute Gasteiger partial charge is 0.392 e. The summed E-state index contributed by atoms with van der Waals surface area (Å²) in [4.78, 5) is 4.21. The molecule has 0 aromatic carbocycles. The molecule has 1 unspecified atom stereocenters. The van der Waals surface area contributed by atoms with Crippen molar-refractivity contribution < 1.29 is 5.11 Å². The van der Waals surface area contributed by atoms with Crippen LogP contribution in [0.3, 0.4) is 0 Å². The van der Waals surface area contributed by atoms with Crippen molar-refractivity contribution in [3.05, 3.63) is 46.5 Å². The summed E-state index contributed by atoms with van der Waals surface area (Å²) in [7, 11) is 1.86. The Kier molecular flexibility index (Phi) is 4.56. The van der Waals surface area contributed by atoms with Crippen LogP contribution in [-0.2, 0) is 26.3 Å². The molecule has 0 aliphatic heterocycles. The molecule has 1 atom stereocenters. The quantitative estimate of drug-likeness (QED) is 0.913. The molecule has 19 heavy (non-hydrogen) atoms. The van der Waals surface area contributed by atoms with Crippen LogP contribution < -0.4 is 0 Å². The van der Waals surface area contributed by atoms with E-state index in [1.54, 1.807) is 10.9 Å². The van der Waals surface area contributed by atoms with Crippen LogP contribution in [0.2, 0.25) is 5.02 Å². The van der Waals surface area contributed by atoms with Gasteiger partial charge in [-0.15, -0.1) is 0 Å². The predicted octanol–water partition coefficient (Wildman–Crippen LogP) is 2.18. The van der Waals surface area contributed by atoms with Gasteiger partial charge in [0.15, 0.2) is 0 Å². The average Bonchev–Trinajstić information content (AvgIpc) is 2.67. The minimum absolute atomic E-state index is 0.485. The maximum atomic E-state index is 10.1. The molecule has 0 aliphatic rings. The molecule has 0 saturated heterocycles. The lowest BCUT2D eigenvalue weighted by molar-refractivity contribution is 0.171. The number of aryl methyl sites for hydroxylation is 2. The second kappa shape index (κ2) is 6.17. The number of hydrogen-bond acceptors (Lipinski definition) is 3. The molecular weight excluding hydrogens is 262 g/mol. The second-order valence-electron chi connectivity index (χ2n) is 4.57. The van der Waals surface area contributed by atoms with E-state index in [-0.39, 0.29) is 0 Å². The number of nitrogens with zero attached hydrogens (tertiary/aromatic N) is 3. The van der Waals surface area contributed by atoms with Crippen LogP contribution in [0.25, 0.3) is 0 Å². The number of halogens is 1.